The second kappa shape index (κ2) is 3.60. The summed E-state index contributed by atoms with van der Waals surface area (Å²) in [5.41, 5.74) is -2.45. The molecule has 1 saturated heterocycles. The van der Waals surface area contributed by atoms with Crippen molar-refractivity contribution in [3.05, 3.63) is 0 Å². The number of rotatable bonds is 2. The topological polar surface area (TPSA) is 119 Å². The fourth-order valence-electron chi connectivity index (χ4n) is 0.889. The zero-order valence-electron chi connectivity index (χ0n) is 6.76. The fraction of sp³-hybridized carbons (Fsp3) is 0.500. The average molecular weight is 206 g/mol. The van der Waals surface area contributed by atoms with Gasteiger partial charge in [-0.15, -0.1) is 0 Å². The van der Waals surface area contributed by atoms with E-state index in [1.54, 1.807) is 0 Å². The van der Waals surface area contributed by atoms with Crippen LogP contribution < -0.4 is 0 Å². The third kappa shape index (κ3) is 2.18. The minimum absolute atomic E-state index is 0.835. The van der Waals surface area contributed by atoms with Gasteiger partial charge in [0.15, 0.2) is 5.60 Å². The summed E-state index contributed by atoms with van der Waals surface area (Å²) in [5.74, 6) is -3.94. The van der Waals surface area contributed by atoms with Gasteiger partial charge in [0.1, 0.15) is 0 Å². The molecule has 14 heavy (non-hydrogen) atoms. The molecule has 1 fully saturated rings. The van der Waals surface area contributed by atoms with Gasteiger partial charge in [0, 0.05) is 5.04 Å². The monoisotopic (exact) mass is 206 g/mol. The van der Waals surface area contributed by atoms with Crippen LogP contribution in [0.3, 0.4) is 0 Å². The van der Waals surface area contributed by atoms with E-state index in [4.69, 9.17) is 5.11 Å². The van der Waals surface area contributed by atoms with Crippen LogP contribution in [0.1, 0.15) is 12.8 Å². The molecule has 0 amide bonds. The lowest BCUT2D eigenvalue weighted by atomic mass is 9.96. The molecule has 78 valence electrons. The lowest BCUT2D eigenvalue weighted by molar-refractivity contribution is -0.457. The molecule has 1 heterocycles. The van der Waals surface area contributed by atoms with Crippen molar-refractivity contribution < 1.29 is 39.4 Å². The molecule has 0 aliphatic carbocycles. The van der Waals surface area contributed by atoms with Gasteiger partial charge in [-0.05, 0) is 0 Å². The van der Waals surface area contributed by atoms with Crippen molar-refractivity contribution in [2.45, 2.75) is 18.4 Å². The van der Waals surface area contributed by atoms with Gasteiger partial charge in [-0.1, -0.05) is 0 Å². The molecule has 8 heteroatoms. The predicted octanol–water partition coefficient (Wildman–Crippen LogP) is -1.47. The Labute approximate surface area is 76.8 Å². The molecule has 0 saturated carbocycles. The van der Waals surface area contributed by atoms with Gasteiger partial charge in [0.2, 0.25) is 0 Å². The number of carbonyl (C=O) groups is 3. The first-order valence-corrected chi connectivity index (χ1v) is 3.47. The van der Waals surface area contributed by atoms with E-state index in [1.807, 2.05) is 0 Å². The Morgan fingerprint density at radius 1 is 1.43 bits per heavy atom. The normalized spacial score (nSPS) is 27.5. The molecule has 0 aromatic carbocycles. The standard InChI is InChI=1S/C6H6O8/c7-3(8)1-6(11)2-4(9)12-14-13-5(6)10/h11H,1-2H2,(H,7,8). The number of hydrogen-bond donors (Lipinski definition) is 2. The zero-order valence-corrected chi connectivity index (χ0v) is 6.76. The van der Waals surface area contributed by atoms with E-state index in [1.165, 1.54) is 0 Å². The van der Waals surface area contributed by atoms with Crippen LogP contribution in [0.25, 0.3) is 0 Å². The summed E-state index contributed by atoms with van der Waals surface area (Å²) in [4.78, 5) is 39.5. The molecule has 2 N–H and O–H groups in total. The summed E-state index contributed by atoms with van der Waals surface area (Å²) in [6, 6.07) is 0. The van der Waals surface area contributed by atoms with Crippen molar-refractivity contribution in [1.82, 2.24) is 0 Å². The highest BCUT2D eigenvalue weighted by Crippen LogP contribution is 2.21. The Bertz CT molecular complexity index is 284. The Hall–Kier alpha value is -1.67. The summed E-state index contributed by atoms with van der Waals surface area (Å²) in [6.45, 7) is 0. The van der Waals surface area contributed by atoms with Gasteiger partial charge in [0.05, 0.1) is 12.8 Å². The first-order valence-electron chi connectivity index (χ1n) is 3.47. The van der Waals surface area contributed by atoms with Crippen LogP contribution in [0.5, 0.6) is 0 Å². The van der Waals surface area contributed by atoms with Gasteiger partial charge in [-0.25, -0.2) is 9.59 Å². The van der Waals surface area contributed by atoms with E-state index in [-0.39, 0.29) is 0 Å². The minimum Gasteiger partial charge on any atom is -0.481 e. The molecule has 0 spiro atoms. The van der Waals surface area contributed by atoms with Crippen LogP contribution in [-0.4, -0.2) is 33.7 Å². The highest BCUT2D eigenvalue weighted by molar-refractivity contribution is 5.89. The Balaban J connectivity index is 2.84. The first-order chi connectivity index (χ1) is 6.44. The molecule has 1 aliphatic rings. The molecule has 0 aromatic heterocycles. The van der Waals surface area contributed by atoms with Crippen molar-refractivity contribution in [2.75, 3.05) is 0 Å². The number of carbonyl (C=O) groups excluding carboxylic acids is 2. The largest absolute Gasteiger partial charge is 0.481 e. The van der Waals surface area contributed by atoms with E-state index in [0.29, 0.717) is 0 Å². The summed E-state index contributed by atoms with van der Waals surface area (Å²) in [7, 11) is 0. The molecule has 8 nitrogen and oxygen atoms in total. The Kier molecular flexibility index (Phi) is 2.68. The Morgan fingerprint density at radius 2 is 2.07 bits per heavy atom. The van der Waals surface area contributed by atoms with E-state index >= 15 is 0 Å². The van der Waals surface area contributed by atoms with Gasteiger partial charge < -0.3 is 10.2 Å². The van der Waals surface area contributed by atoms with E-state index in [0.717, 1.165) is 0 Å². The Morgan fingerprint density at radius 3 is 2.64 bits per heavy atom. The van der Waals surface area contributed by atoms with Gasteiger partial charge in [-0.2, -0.15) is 0 Å². The molecule has 1 unspecified atom stereocenters. The third-order valence-corrected chi connectivity index (χ3v) is 1.50. The van der Waals surface area contributed by atoms with Crippen LogP contribution in [0.4, 0.5) is 0 Å². The first kappa shape index (κ1) is 10.4. The van der Waals surface area contributed by atoms with E-state index in [9.17, 15) is 19.5 Å². The lowest BCUT2D eigenvalue weighted by Crippen LogP contribution is -2.42. The molecule has 0 aromatic rings. The second-order valence-electron chi connectivity index (χ2n) is 2.67. The van der Waals surface area contributed by atoms with E-state index < -0.39 is 36.4 Å². The van der Waals surface area contributed by atoms with Crippen LogP contribution in [-0.2, 0) is 29.2 Å². The smallest absolute Gasteiger partial charge is 0.379 e. The number of carboxylic acid groups (broad SMARTS) is 1. The number of hydrogen-bond acceptors (Lipinski definition) is 7. The van der Waals surface area contributed by atoms with Crippen LogP contribution in [0, 0.1) is 0 Å². The third-order valence-electron chi connectivity index (χ3n) is 1.50. The molecule has 1 aliphatic heterocycles. The van der Waals surface area contributed by atoms with Gasteiger partial charge in [0.25, 0.3) is 0 Å². The maximum absolute atomic E-state index is 10.9. The average Bonchev–Trinajstić information content (AvgIpc) is 2.11. The summed E-state index contributed by atoms with van der Waals surface area (Å²) in [6.07, 6.45) is -1.80. The molecule has 1 rings (SSSR count). The van der Waals surface area contributed by atoms with Crippen LogP contribution >= 0.6 is 0 Å². The molecule has 1 atom stereocenters. The number of aliphatic carboxylic acids is 1. The molecule has 0 radical (unpaired) electrons. The summed E-state index contributed by atoms with van der Waals surface area (Å²) < 4.78 is 0. The summed E-state index contributed by atoms with van der Waals surface area (Å²) >= 11 is 0. The second-order valence-corrected chi connectivity index (χ2v) is 2.67. The maximum atomic E-state index is 10.9. The van der Waals surface area contributed by atoms with Crippen LogP contribution in [0.15, 0.2) is 0 Å². The maximum Gasteiger partial charge on any atom is 0.379 e. The quantitative estimate of drug-likeness (QED) is 0.525. The number of carboxylic acids is 1. The SMILES string of the molecule is O=C(O)CC1(O)CC(=O)OOOC1=O. The predicted molar refractivity (Wildman–Crippen MR) is 35.1 cm³/mol. The van der Waals surface area contributed by atoms with Crippen LogP contribution in [0.2, 0.25) is 0 Å². The molecular formula is C6H6O8. The van der Waals surface area contributed by atoms with Crippen molar-refractivity contribution in [3.8, 4) is 0 Å². The van der Waals surface area contributed by atoms with Crippen molar-refractivity contribution >= 4 is 17.9 Å². The van der Waals surface area contributed by atoms with Gasteiger partial charge >= 0.3 is 17.9 Å². The highest BCUT2D eigenvalue weighted by Gasteiger charge is 2.46. The van der Waals surface area contributed by atoms with Crippen molar-refractivity contribution in [1.29, 1.82) is 0 Å². The van der Waals surface area contributed by atoms with Crippen molar-refractivity contribution in [2.24, 2.45) is 0 Å². The minimum atomic E-state index is -2.45. The lowest BCUT2D eigenvalue weighted by Gasteiger charge is -2.16. The highest BCUT2D eigenvalue weighted by atomic mass is 17.5. The zero-order chi connectivity index (χ0) is 10.8. The molecular weight excluding hydrogens is 200 g/mol. The molecule has 0 bridgehead atoms. The summed E-state index contributed by atoms with van der Waals surface area (Å²) in [5, 5.41) is 21.4. The van der Waals surface area contributed by atoms with Gasteiger partial charge in [-0.3, -0.25) is 14.6 Å². The number of aliphatic hydroxyl groups is 1. The van der Waals surface area contributed by atoms with Crippen molar-refractivity contribution in [3.63, 3.8) is 0 Å². The fourth-order valence-corrected chi connectivity index (χ4v) is 0.889. The van der Waals surface area contributed by atoms with E-state index in [2.05, 4.69) is 14.8 Å².